The van der Waals surface area contributed by atoms with Crippen LogP contribution in [-0.2, 0) is 10.0 Å². The number of rotatable bonds is 4. The van der Waals surface area contributed by atoms with Crippen LogP contribution < -0.4 is 4.90 Å². The number of hydrogen-bond acceptors (Lipinski definition) is 5. The lowest BCUT2D eigenvalue weighted by molar-refractivity contribution is 0.383. The van der Waals surface area contributed by atoms with Crippen LogP contribution in [0, 0.1) is 27.7 Å². The van der Waals surface area contributed by atoms with Gasteiger partial charge in [-0.25, -0.2) is 8.42 Å². The Morgan fingerprint density at radius 2 is 1.35 bits per heavy atom. The molecule has 2 aromatic carbocycles. The lowest BCUT2D eigenvalue weighted by atomic mass is 10.0. The first kappa shape index (κ1) is 21.5. The summed E-state index contributed by atoms with van der Waals surface area (Å²) >= 11 is 0. The molecule has 1 saturated heterocycles. The molecule has 7 heteroatoms. The number of benzene rings is 2. The minimum absolute atomic E-state index is 0.363. The van der Waals surface area contributed by atoms with Gasteiger partial charge in [0, 0.05) is 31.7 Å². The molecule has 4 rings (SSSR count). The van der Waals surface area contributed by atoms with Gasteiger partial charge in [0.1, 0.15) is 0 Å². The zero-order valence-corrected chi connectivity index (χ0v) is 19.3. The molecular formula is C24H28N4O2S. The van der Waals surface area contributed by atoms with Gasteiger partial charge in [-0.05, 0) is 80.3 Å². The Hall–Kier alpha value is -2.77. The normalized spacial score (nSPS) is 15.3. The highest BCUT2D eigenvalue weighted by Crippen LogP contribution is 2.24. The molecule has 1 fully saturated rings. The third-order valence-corrected chi connectivity index (χ3v) is 8.03. The van der Waals surface area contributed by atoms with Crippen LogP contribution in [0.5, 0.6) is 0 Å². The molecule has 0 unspecified atom stereocenters. The molecule has 6 nitrogen and oxygen atoms in total. The number of sulfonamides is 1. The minimum Gasteiger partial charge on any atom is -0.352 e. The van der Waals surface area contributed by atoms with E-state index in [0.29, 0.717) is 31.1 Å². The van der Waals surface area contributed by atoms with Crippen molar-refractivity contribution in [3.05, 3.63) is 70.8 Å². The van der Waals surface area contributed by atoms with E-state index in [-0.39, 0.29) is 0 Å². The fourth-order valence-corrected chi connectivity index (χ4v) is 5.24. The molecule has 1 aliphatic heterocycles. The van der Waals surface area contributed by atoms with Crippen molar-refractivity contribution in [2.45, 2.75) is 32.6 Å². The Kier molecular flexibility index (Phi) is 5.81. The Morgan fingerprint density at radius 1 is 0.710 bits per heavy atom. The molecule has 0 spiro atoms. The predicted molar refractivity (Wildman–Crippen MR) is 124 cm³/mol. The van der Waals surface area contributed by atoms with Gasteiger partial charge in [0.05, 0.1) is 10.6 Å². The van der Waals surface area contributed by atoms with Crippen molar-refractivity contribution in [2.75, 3.05) is 31.1 Å². The van der Waals surface area contributed by atoms with Crippen molar-refractivity contribution < 1.29 is 8.42 Å². The number of piperazine rings is 1. The Bertz CT molecular complexity index is 1200. The number of hydrogen-bond donors (Lipinski definition) is 0. The lowest BCUT2D eigenvalue weighted by Gasteiger charge is -2.34. The molecule has 0 saturated carbocycles. The van der Waals surface area contributed by atoms with E-state index in [1.165, 1.54) is 11.1 Å². The summed E-state index contributed by atoms with van der Waals surface area (Å²) in [6.07, 6.45) is 0. The van der Waals surface area contributed by atoms with Crippen molar-refractivity contribution in [1.29, 1.82) is 0 Å². The highest BCUT2D eigenvalue weighted by atomic mass is 32.2. The number of nitrogens with zero attached hydrogens (tertiary/aromatic N) is 4. The number of anilines is 1. The summed E-state index contributed by atoms with van der Waals surface area (Å²) < 4.78 is 27.6. The molecule has 2 heterocycles. The fraction of sp³-hybridized carbons (Fsp3) is 0.333. The first-order valence-electron chi connectivity index (χ1n) is 10.5. The zero-order valence-electron chi connectivity index (χ0n) is 18.5. The second-order valence-corrected chi connectivity index (χ2v) is 10.2. The molecule has 31 heavy (non-hydrogen) atoms. The standard InChI is InChI=1S/C24H28N4O2S/c1-17-5-7-21(15-19(17)3)23-9-10-24(26-25-23)27-11-13-28(14-12-27)31(29,30)22-8-6-18(2)20(4)16-22/h5-10,15-16H,11-14H2,1-4H3. The highest BCUT2D eigenvalue weighted by molar-refractivity contribution is 7.89. The predicted octanol–water partition coefficient (Wildman–Crippen LogP) is 3.89. The highest BCUT2D eigenvalue weighted by Gasteiger charge is 2.29. The van der Waals surface area contributed by atoms with Gasteiger partial charge in [-0.2, -0.15) is 4.31 Å². The molecule has 0 atom stereocenters. The Morgan fingerprint density at radius 3 is 1.94 bits per heavy atom. The summed E-state index contributed by atoms with van der Waals surface area (Å²) in [6.45, 7) is 10.1. The van der Waals surface area contributed by atoms with Crippen LogP contribution in [0.25, 0.3) is 11.3 Å². The van der Waals surface area contributed by atoms with Crippen LogP contribution in [0.2, 0.25) is 0 Å². The van der Waals surface area contributed by atoms with Gasteiger partial charge in [-0.3, -0.25) is 0 Å². The average molecular weight is 437 g/mol. The SMILES string of the molecule is Cc1ccc(-c2ccc(N3CCN(S(=O)(=O)c4ccc(C)c(C)c4)CC3)nn2)cc1C. The van der Waals surface area contributed by atoms with E-state index in [0.717, 1.165) is 28.2 Å². The van der Waals surface area contributed by atoms with Crippen LogP contribution in [0.15, 0.2) is 53.4 Å². The van der Waals surface area contributed by atoms with E-state index in [1.54, 1.807) is 16.4 Å². The van der Waals surface area contributed by atoms with Crippen molar-refractivity contribution in [3.8, 4) is 11.3 Å². The minimum atomic E-state index is -3.49. The summed E-state index contributed by atoms with van der Waals surface area (Å²) in [5.41, 5.74) is 6.44. The van der Waals surface area contributed by atoms with E-state index in [4.69, 9.17) is 0 Å². The van der Waals surface area contributed by atoms with E-state index in [2.05, 4.69) is 47.1 Å². The van der Waals surface area contributed by atoms with Crippen molar-refractivity contribution in [1.82, 2.24) is 14.5 Å². The van der Waals surface area contributed by atoms with E-state index >= 15 is 0 Å². The molecule has 0 bridgehead atoms. The average Bonchev–Trinajstić information content (AvgIpc) is 2.77. The van der Waals surface area contributed by atoms with Gasteiger partial charge in [0.2, 0.25) is 10.0 Å². The van der Waals surface area contributed by atoms with E-state index < -0.39 is 10.0 Å². The second kappa shape index (κ2) is 8.40. The van der Waals surface area contributed by atoms with Crippen LogP contribution in [0.1, 0.15) is 22.3 Å². The molecule has 0 amide bonds. The van der Waals surface area contributed by atoms with E-state index in [1.807, 2.05) is 32.0 Å². The third-order valence-electron chi connectivity index (χ3n) is 6.13. The summed E-state index contributed by atoms with van der Waals surface area (Å²) in [4.78, 5) is 2.45. The molecule has 0 aliphatic carbocycles. The summed E-state index contributed by atoms with van der Waals surface area (Å²) in [7, 11) is -3.49. The van der Waals surface area contributed by atoms with Gasteiger partial charge in [-0.15, -0.1) is 10.2 Å². The Labute approximate surface area is 184 Å². The largest absolute Gasteiger partial charge is 0.352 e. The monoisotopic (exact) mass is 436 g/mol. The van der Waals surface area contributed by atoms with Crippen LogP contribution in [0.4, 0.5) is 5.82 Å². The van der Waals surface area contributed by atoms with Gasteiger partial charge in [-0.1, -0.05) is 18.2 Å². The van der Waals surface area contributed by atoms with Crippen molar-refractivity contribution in [2.24, 2.45) is 0 Å². The summed E-state index contributed by atoms with van der Waals surface area (Å²) in [5.74, 6) is 0.774. The van der Waals surface area contributed by atoms with Crippen LogP contribution in [0.3, 0.4) is 0 Å². The summed E-state index contributed by atoms with van der Waals surface area (Å²) in [5, 5.41) is 8.81. The molecule has 0 N–H and O–H groups in total. The third kappa shape index (κ3) is 4.34. The molecule has 0 radical (unpaired) electrons. The number of aromatic nitrogens is 2. The maximum Gasteiger partial charge on any atom is 0.243 e. The zero-order chi connectivity index (χ0) is 22.2. The van der Waals surface area contributed by atoms with Crippen LogP contribution >= 0.6 is 0 Å². The van der Waals surface area contributed by atoms with Gasteiger partial charge >= 0.3 is 0 Å². The molecule has 1 aromatic heterocycles. The molecular weight excluding hydrogens is 408 g/mol. The first-order chi connectivity index (χ1) is 14.8. The van der Waals surface area contributed by atoms with Crippen LogP contribution in [-0.4, -0.2) is 49.1 Å². The maximum absolute atomic E-state index is 13.0. The second-order valence-electron chi connectivity index (χ2n) is 8.21. The Balaban J connectivity index is 1.44. The van der Waals surface area contributed by atoms with Crippen molar-refractivity contribution >= 4 is 15.8 Å². The van der Waals surface area contributed by atoms with Crippen molar-refractivity contribution in [3.63, 3.8) is 0 Å². The lowest BCUT2D eigenvalue weighted by Crippen LogP contribution is -2.49. The molecule has 162 valence electrons. The smallest absolute Gasteiger partial charge is 0.243 e. The van der Waals surface area contributed by atoms with Gasteiger partial charge in [0.25, 0.3) is 0 Å². The number of aryl methyl sites for hydroxylation is 4. The maximum atomic E-state index is 13.0. The fourth-order valence-electron chi connectivity index (χ4n) is 3.73. The molecule has 1 aliphatic rings. The summed E-state index contributed by atoms with van der Waals surface area (Å²) in [6, 6.07) is 15.5. The van der Waals surface area contributed by atoms with Gasteiger partial charge < -0.3 is 4.90 Å². The topological polar surface area (TPSA) is 66.4 Å². The van der Waals surface area contributed by atoms with Gasteiger partial charge in [0.15, 0.2) is 5.82 Å². The first-order valence-corrected chi connectivity index (χ1v) is 11.9. The quantitative estimate of drug-likeness (QED) is 0.621. The van der Waals surface area contributed by atoms with E-state index in [9.17, 15) is 8.42 Å². The molecule has 3 aromatic rings.